The molecule has 2 amide bonds. The second-order valence-corrected chi connectivity index (χ2v) is 7.68. The molecule has 3 aliphatic heterocycles. The van der Waals surface area contributed by atoms with Gasteiger partial charge in [-0.25, -0.2) is 9.78 Å². The molecule has 0 unspecified atom stereocenters. The van der Waals surface area contributed by atoms with Gasteiger partial charge in [-0.05, 0) is 18.9 Å². The molecular weight excluding hydrogens is 429 g/mol. The van der Waals surface area contributed by atoms with E-state index in [4.69, 9.17) is 9.84 Å². The van der Waals surface area contributed by atoms with Gasteiger partial charge in [0.1, 0.15) is 5.69 Å². The SMILES string of the molecule is Cl.Cl.O=C(N1CCOCC1)N1CCC(n2ccnc2-c2cc3n(n2)CCNC3)CC1. The molecule has 166 valence electrons. The molecule has 0 aromatic carbocycles. The number of imidazole rings is 1. The van der Waals surface area contributed by atoms with Gasteiger partial charge in [0.15, 0.2) is 5.82 Å². The summed E-state index contributed by atoms with van der Waals surface area (Å²) in [5.41, 5.74) is 2.15. The third-order valence-electron chi connectivity index (χ3n) is 5.98. The quantitative estimate of drug-likeness (QED) is 0.743. The van der Waals surface area contributed by atoms with Crippen LogP contribution in [0, 0.1) is 0 Å². The molecule has 2 aromatic rings. The van der Waals surface area contributed by atoms with E-state index in [0.29, 0.717) is 32.3 Å². The van der Waals surface area contributed by atoms with Crippen LogP contribution in [0.25, 0.3) is 11.5 Å². The lowest BCUT2D eigenvalue weighted by Gasteiger charge is -2.37. The number of hydrogen-bond donors (Lipinski definition) is 1. The number of ether oxygens (including phenoxy) is 1. The third-order valence-corrected chi connectivity index (χ3v) is 5.98. The number of morpholine rings is 1. The van der Waals surface area contributed by atoms with Gasteiger partial charge in [0.2, 0.25) is 0 Å². The van der Waals surface area contributed by atoms with Gasteiger partial charge in [-0.2, -0.15) is 5.10 Å². The minimum atomic E-state index is 0. The molecule has 0 aliphatic carbocycles. The van der Waals surface area contributed by atoms with Crippen LogP contribution in [-0.4, -0.2) is 81.1 Å². The van der Waals surface area contributed by atoms with Crippen molar-refractivity contribution in [3.05, 3.63) is 24.2 Å². The molecule has 3 aliphatic rings. The van der Waals surface area contributed by atoms with E-state index in [9.17, 15) is 4.79 Å². The highest BCUT2D eigenvalue weighted by Crippen LogP contribution is 2.28. The number of piperidine rings is 1. The van der Waals surface area contributed by atoms with Crippen molar-refractivity contribution in [2.24, 2.45) is 0 Å². The maximum Gasteiger partial charge on any atom is 0.320 e. The molecule has 0 atom stereocenters. The molecule has 2 fully saturated rings. The number of aromatic nitrogens is 4. The first kappa shape index (κ1) is 22.9. The second-order valence-electron chi connectivity index (χ2n) is 7.68. The van der Waals surface area contributed by atoms with Crippen molar-refractivity contribution in [3.8, 4) is 11.5 Å². The predicted octanol–water partition coefficient (Wildman–Crippen LogP) is 1.78. The van der Waals surface area contributed by atoms with Gasteiger partial charge in [0.25, 0.3) is 0 Å². The number of carbonyl (C=O) groups is 1. The number of likely N-dealkylation sites (tertiary alicyclic amines) is 1. The Hall–Kier alpha value is -1.81. The number of carbonyl (C=O) groups excluding carboxylic acids is 1. The van der Waals surface area contributed by atoms with Crippen LogP contribution >= 0.6 is 24.8 Å². The molecule has 0 bridgehead atoms. The Bertz CT molecular complexity index is 818. The highest BCUT2D eigenvalue weighted by Gasteiger charge is 2.29. The summed E-state index contributed by atoms with van der Waals surface area (Å²) in [6.07, 6.45) is 5.79. The van der Waals surface area contributed by atoms with Crippen LogP contribution in [-0.2, 0) is 17.8 Å². The molecule has 5 heterocycles. The standard InChI is InChI=1S/C19H27N7O2.2ClH/c27-19(24-9-11-28-12-10-24)23-5-1-15(2-6-23)25-7-4-21-18(25)17-13-16-14-20-3-8-26(16)22-17;;/h4,7,13,15,20H,1-3,5-6,8-12,14H2;2*1H. The van der Waals surface area contributed by atoms with Crippen molar-refractivity contribution in [3.63, 3.8) is 0 Å². The van der Waals surface area contributed by atoms with Crippen LogP contribution < -0.4 is 5.32 Å². The monoisotopic (exact) mass is 457 g/mol. The second kappa shape index (κ2) is 10.00. The summed E-state index contributed by atoms with van der Waals surface area (Å²) in [7, 11) is 0. The summed E-state index contributed by atoms with van der Waals surface area (Å²) in [5.74, 6) is 0.930. The number of rotatable bonds is 2. The van der Waals surface area contributed by atoms with Gasteiger partial charge < -0.3 is 24.4 Å². The van der Waals surface area contributed by atoms with E-state index in [-0.39, 0.29) is 30.8 Å². The Labute approximate surface area is 188 Å². The van der Waals surface area contributed by atoms with Crippen molar-refractivity contribution >= 4 is 30.8 Å². The Morgan fingerprint density at radius 1 is 1.07 bits per heavy atom. The lowest BCUT2D eigenvalue weighted by Crippen LogP contribution is -2.50. The largest absolute Gasteiger partial charge is 0.378 e. The normalized spacial score (nSPS) is 19.6. The molecule has 9 nitrogen and oxygen atoms in total. The van der Waals surface area contributed by atoms with Gasteiger partial charge >= 0.3 is 6.03 Å². The molecule has 0 radical (unpaired) electrons. The lowest BCUT2D eigenvalue weighted by atomic mass is 10.0. The maximum atomic E-state index is 12.7. The van der Waals surface area contributed by atoms with Crippen LogP contribution in [0.5, 0.6) is 0 Å². The zero-order chi connectivity index (χ0) is 18.9. The van der Waals surface area contributed by atoms with E-state index in [2.05, 4.69) is 31.8 Å². The van der Waals surface area contributed by atoms with Gasteiger partial charge in [-0.15, -0.1) is 24.8 Å². The summed E-state index contributed by atoms with van der Waals surface area (Å²) in [6.45, 7) is 6.96. The van der Waals surface area contributed by atoms with Crippen LogP contribution in [0.1, 0.15) is 24.6 Å². The minimum Gasteiger partial charge on any atom is -0.378 e. The highest BCUT2D eigenvalue weighted by molar-refractivity contribution is 5.85. The molecule has 11 heteroatoms. The third kappa shape index (κ3) is 4.44. The number of nitrogens with zero attached hydrogens (tertiary/aromatic N) is 6. The highest BCUT2D eigenvalue weighted by atomic mass is 35.5. The fraction of sp³-hybridized carbons (Fsp3) is 0.632. The van der Waals surface area contributed by atoms with E-state index in [1.165, 1.54) is 5.69 Å². The average molecular weight is 458 g/mol. The Morgan fingerprint density at radius 3 is 2.53 bits per heavy atom. The maximum absolute atomic E-state index is 12.7. The zero-order valence-electron chi connectivity index (χ0n) is 16.9. The Morgan fingerprint density at radius 2 is 1.80 bits per heavy atom. The molecule has 5 rings (SSSR count). The Balaban J connectivity index is 0.00000128. The van der Waals surface area contributed by atoms with E-state index in [1.807, 2.05) is 16.0 Å². The number of hydrogen-bond acceptors (Lipinski definition) is 5. The van der Waals surface area contributed by atoms with Crippen LogP contribution in [0.3, 0.4) is 0 Å². The molecule has 2 saturated heterocycles. The molecule has 2 aromatic heterocycles. The first-order chi connectivity index (χ1) is 13.8. The van der Waals surface area contributed by atoms with E-state index < -0.39 is 0 Å². The van der Waals surface area contributed by atoms with E-state index in [1.54, 1.807) is 0 Å². The van der Waals surface area contributed by atoms with Gasteiger partial charge in [-0.3, -0.25) is 4.68 Å². The Kier molecular flexibility index (Phi) is 7.62. The molecule has 0 saturated carbocycles. The number of amides is 2. The van der Waals surface area contributed by atoms with Gasteiger partial charge in [0.05, 0.1) is 25.5 Å². The molecule has 0 spiro atoms. The van der Waals surface area contributed by atoms with E-state index >= 15 is 0 Å². The summed E-state index contributed by atoms with van der Waals surface area (Å²) in [4.78, 5) is 21.2. The van der Waals surface area contributed by atoms with Gasteiger partial charge in [-0.1, -0.05) is 0 Å². The van der Waals surface area contributed by atoms with E-state index in [0.717, 1.165) is 57.1 Å². The lowest BCUT2D eigenvalue weighted by molar-refractivity contribution is 0.0403. The number of urea groups is 1. The van der Waals surface area contributed by atoms with Crippen molar-refractivity contribution in [1.82, 2.24) is 34.4 Å². The number of fused-ring (bicyclic) bond motifs is 1. The van der Waals surface area contributed by atoms with Crippen molar-refractivity contribution in [2.75, 3.05) is 45.9 Å². The fourth-order valence-corrected chi connectivity index (χ4v) is 4.40. The number of nitrogens with one attached hydrogen (secondary N) is 1. The van der Waals surface area contributed by atoms with Crippen molar-refractivity contribution in [2.45, 2.75) is 32.0 Å². The predicted molar refractivity (Wildman–Crippen MR) is 117 cm³/mol. The molecule has 1 N–H and O–H groups in total. The van der Waals surface area contributed by atoms with Crippen molar-refractivity contribution in [1.29, 1.82) is 0 Å². The van der Waals surface area contributed by atoms with Crippen molar-refractivity contribution < 1.29 is 9.53 Å². The van der Waals surface area contributed by atoms with Crippen LogP contribution in [0.4, 0.5) is 4.79 Å². The van der Waals surface area contributed by atoms with Gasteiger partial charge in [0, 0.05) is 57.7 Å². The smallest absolute Gasteiger partial charge is 0.320 e. The zero-order valence-corrected chi connectivity index (χ0v) is 18.5. The summed E-state index contributed by atoms with van der Waals surface area (Å²) >= 11 is 0. The van der Waals surface area contributed by atoms with Crippen LogP contribution in [0.15, 0.2) is 18.5 Å². The summed E-state index contributed by atoms with van der Waals surface area (Å²) in [5, 5.41) is 8.15. The summed E-state index contributed by atoms with van der Waals surface area (Å²) < 4.78 is 9.68. The first-order valence-electron chi connectivity index (χ1n) is 10.2. The van der Waals surface area contributed by atoms with Crippen LogP contribution in [0.2, 0.25) is 0 Å². The average Bonchev–Trinajstić information content (AvgIpc) is 3.41. The molecule has 30 heavy (non-hydrogen) atoms. The summed E-state index contributed by atoms with van der Waals surface area (Å²) in [6, 6.07) is 2.65. The molecular formula is C19H29Cl2N7O2. The first-order valence-corrected chi connectivity index (χ1v) is 10.2. The number of halogens is 2. The minimum absolute atomic E-state index is 0. The topological polar surface area (TPSA) is 80.5 Å². The fourth-order valence-electron chi connectivity index (χ4n) is 4.40.